The van der Waals surface area contributed by atoms with E-state index in [9.17, 15) is 8.42 Å². The van der Waals surface area contributed by atoms with Crippen molar-refractivity contribution in [3.63, 3.8) is 0 Å². The van der Waals surface area contributed by atoms with Crippen LogP contribution in [0.25, 0.3) is 0 Å². The van der Waals surface area contributed by atoms with Crippen molar-refractivity contribution >= 4 is 15.8 Å². The molecule has 1 aromatic heterocycles. The van der Waals surface area contributed by atoms with Crippen LogP contribution >= 0.6 is 0 Å². The number of unbranched alkanes of at least 4 members (excludes halogenated alkanes) is 1. The first-order valence-corrected chi connectivity index (χ1v) is 11.7. The van der Waals surface area contributed by atoms with Crippen LogP contribution < -0.4 is 15.0 Å². The molecule has 0 atom stereocenters. The quantitative estimate of drug-likeness (QED) is 0.391. The summed E-state index contributed by atoms with van der Waals surface area (Å²) in [6.45, 7) is 10.6. The predicted octanol–water partition coefficient (Wildman–Crippen LogP) is 3.22. The third-order valence-corrected chi connectivity index (χ3v) is 7.18. The fraction of sp³-hybridized carbons (Fsp3) is 0.500. The molecule has 2 heterocycles. The standard InChI is InChI=1S/C22H31N3O3S/c1-21(2)19-9-5-6-10-20(19)25(22(21,3)4)23-17-18-11-14-24(15-12-18)13-7-8-16-29(26,27)28/h5-6,9-12,14-15,23H,7-8,13,16-17H2,1-4H3/p+1. The van der Waals surface area contributed by atoms with Gasteiger partial charge in [0.2, 0.25) is 0 Å². The second-order valence-electron chi connectivity index (χ2n) is 8.81. The van der Waals surface area contributed by atoms with Gasteiger partial charge in [-0.15, -0.1) is 0 Å². The monoisotopic (exact) mass is 418 g/mol. The van der Waals surface area contributed by atoms with Crippen LogP contribution in [0.15, 0.2) is 48.8 Å². The highest BCUT2D eigenvalue weighted by atomic mass is 32.2. The Kier molecular flexibility index (Phi) is 6.03. The van der Waals surface area contributed by atoms with Gasteiger partial charge < -0.3 is 5.01 Å². The number of nitrogens with one attached hydrogen (secondary N) is 1. The van der Waals surface area contributed by atoms with Crippen molar-refractivity contribution in [2.45, 2.75) is 64.6 Å². The Morgan fingerprint density at radius 2 is 1.69 bits per heavy atom. The molecular weight excluding hydrogens is 386 g/mol. The van der Waals surface area contributed by atoms with E-state index in [1.165, 1.54) is 16.8 Å². The summed E-state index contributed by atoms with van der Waals surface area (Å²) in [7, 11) is -3.86. The molecule has 0 spiro atoms. The second kappa shape index (κ2) is 8.05. The number of nitrogens with zero attached hydrogens (tertiary/aromatic N) is 2. The SMILES string of the molecule is CC1(C)c2ccccc2N(NCc2cc[n+](CCCCS(=O)(=O)O)cc2)C1(C)C. The van der Waals surface area contributed by atoms with Crippen molar-refractivity contribution in [2.75, 3.05) is 10.8 Å². The molecule has 0 amide bonds. The van der Waals surface area contributed by atoms with E-state index in [0.717, 1.165) is 13.1 Å². The number of aromatic nitrogens is 1. The van der Waals surface area contributed by atoms with Gasteiger partial charge in [0.25, 0.3) is 10.1 Å². The van der Waals surface area contributed by atoms with E-state index >= 15 is 0 Å². The van der Waals surface area contributed by atoms with Crippen LogP contribution in [0, 0.1) is 0 Å². The summed E-state index contributed by atoms with van der Waals surface area (Å²) in [4.78, 5) is 0. The van der Waals surface area contributed by atoms with Crippen molar-refractivity contribution < 1.29 is 17.5 Å². The summed E-state index contributed by atoms with van der Waals surface area (Å²) < 4.78 is 32.4. The zero-order valence-corrected chi connectivity index (χ0v) is 18.5. The minimum atomic E-state index is -3.86. The summed E-state index contributed by atoms with van der Waals surface area (Å²) in [5.74, 6) is -0.182. The van der Waals surface area contributed by atoms with Crippen LogP contribution in [-0.4, -0.2) is 24.3 Å². The minimum Gasteiger partial charge on any atom is -0.301 e. The van der Waals surface area contributed by atoms with E-state index in [4.69, 9.17) is 4.55 Å². The molecule has 1 aliphatic rings. The lowest BCUT2D eigenvalue weighted by molar-refractivity contribution is -0.697. The van der Waals surface area contributed by atoms with Crippen LogP contribution in [0.4, 0.5) is 5.69 Å². The maximum Gasteiger partial charge on any atom is 0.264 e. The van der Waals surface area contributed by atoms with Gasteiger partial charge in [0, 0.05) is 30.5 Å². The zero-order chi connectivity index (χ0) is 21.3. The summed E-state index contributed by atoms with van der Waals surface area (Å²) in [6.07, 6.45) is 5.18. The first-order valence-electron chi connectivity index (χ1n) is 10.1. The maximum atomic E-state index is 10.8. The summed E-state index contributed by atoms with van der Waals surface area (Å²) in [5.41, 5.74) is 7.33. The molecule has 0 saturated heterocycles. The fourth-order valence-corrected chi connectivity index (χ4v) is 4.46. The van der Waals surface area contributed by atoms with Gasteiger partial charge in [-0.05, 0) is 37.5 Å². The molecule has 2 N–H and O–H groups in total. The second-order valence-corrected chi connectivity index (χ2v) is 10.4. The first-order chi connectivity index (χ1) is 13.5. The first kappa shape index (κ1) is 21.7. The van der Waals surface area contributed by atoms with Gasteiger partial charge in [0.15, 0.2) is 12.4 Å². The zero-order valence-electron chi connectivity index (χ0n) is 17.7. The highest BCUT2D eigenvalue weighted by molar-refractivity contribution is 7.85. The number of fused-ring (bicyclic) bond motifs is 1. The molecule has 29 heavy (non-hydrogen) atoms. The highest BCUT2D eigenvalue weighted by Crippen LogP contribution is 2.50. The van der Waals surface area contributed by atoms with Crippen LogP contribution in [0.3, 0.4) is 0 Å². The van der Waals surface area contributed by atoms with Crippen LogP contribution in [0.2, 0.25) is 0 Å². The summed E-state index contributed by atoms with van der Waals surface area (Å²) in [6, 6.07) is 12.7. The van der Waals surface area contributed by atoms with Gasteiger partial charge in [-0.2, -0.15) is 8.42 Å². The topological polar surface area (TPSA) is 73.5 Å². The summed E-state index contributed by atoms with van der Waals surface area (Å²) in [5, 5.41) is 2.29. The largest absolute Gasteiger partial charge is 0.301 e. The van der Waals surface area contributed by atoms with Crippen LogP contribution in [0.1, 0.15) is 51.7 Å². The van der Waals surface area contributed by atoms with Crippen molar-refractivity contribution in [1.82, 2.24) is 5.43 Å². The Morgan fingerprint density at radius 1 is 1.03 bits per heavy atom. The molecule has 1 aliphatic heterocycles. The Balaban J connectivity index is 1.60. The molecule has 0 bridgehead atoms. The van der Waals surface area contributed by atoms with Crippen molar-refractivity contribution in [1.29, 1.82) is 0 Å². The number of rotatable bonds is 8. The van der Waals surface area contributed by atoms with Gasteiger partial charge in [-0.3, -0.25) is 4.55 Å². The van der Waals surface area contributed by atoms with Gasteiger partial charge >= 0.3 is 0 Å². The molecule has 2 aromatic rings. The van der Waals surface area contributed by atoms with Crippen LogP contribution in [0.5, 0.6) is 0 Å². The number of para-hydroxylation sites is 1. The normalized spacial score (nSPS) is 17.3. The van der Waals surface area contributed by atoms with Gasteiger partial charge in [0.1, 0.15) is 6.54 Å². The molecule has 6 nitrogen and oxygen atoms in total. The van der Waals surface area contributed by atoms with E-state index in [0.29, 0.717) is 12.8 Å². The molecule has 0 aliphatic carbocycles. The molecule has 3 rings (SSSR count). The molecule has 158 valence electrons. The third-order valence-electron chi connectivity index (χ3n) is 6.38. The number of hydrogen-bond donors (Lipinski definition) is 2. The van der Waals surface area contributed by atoms with E-state index in [1.807, 2.05) is 17.0 Å². The predicted molar refractivity (Wildman–Crippen MR) is 115 cm³/mol. The highest BCUT2D eigenvalue weighted by Gasteiger charge is 2.50. The van der Waals surface area contributed by atoms with Gasteiger partial charge in [-0.1, -0.05) is 32.0 Å². The van der Waals surface area contributed by atoms with Crippen molar-refractivity contribution in [3.05, 3.63) is 59.9 Å². The lowest BCUT2D eigenvalue weighted by Gasteiger charge is -2.42. The molecule has 0 radical (unpaired) electrons. The third kappa shape index (κ3) is 4.63. The fourth-order valence-electron chi connectivity index (χ4n) is 3.89. The number of aryl methyl sites for hydroxylation is 1. The molecule has 7 heteroatoms. The number of pyridine rings is 1. The van der Waals surface area contributed by atoms with E-state index in [-0.39, 0.29) is 16.7 Å². The number of hydrogen-bond acceptors (Lipinski definition) is 4. The number of hydrazine groups is 1. The van der Waals surface area contributed by atoms with Crippen molar-refractivity contribution in [2.24, 2.45) is 0 Å². The minimum absolute atomic E-state index is 0.0261. The number of anilines is 1. The molecule has 1 aromatic carbocycles. The van der Waals surface area contributed by atoms with Gasteiger partial charge in [-0.25, -0.2) is 9.99 Å². The summed E-state index contributed by atoms with van der Waals surface area (Å²) >= 11 is 0. The lowest BCUT2D eigenvalue weighted by atomic mass is 9.73. The Bertz CT molecular complexity index is 954. The van der Waals surface area contributed by atoms with E-state index < -0.39 is 10.1 Å². The lowest BCUT2D eigenvalue weighted by Crippen LogP contribution is -2.56. The maximum absolute atomic E-state index is 10.8. The van der Waals surface area contributed by atoms with E-state index in [2.05, 4.69) is 74.5 Å². The molecule has 0 fully saturated rings. The molecule has 0 saturated carbocycles. The van der Waals surface area contributed by atoms with Gasteiger partial charge in [0.05, 0.1) is 17.0 Å². The smallest absolute Gasteiger partial charge is 0.264 e. The van der Waals surface area contributed by atoms with E-state index in [1.54, 1.807) is 0 Å². The Morgan fingerprint density at radius 3 is 2.34 bits per heavy atom. The Hall–Kier alpha value is -1.96. The molecular formula is C22H32N3O3S+. The molecule has 0 unspecified atom stereocenters. The van der Waals surface area contributed by atoms with Crippen LogP contribution in [-0.2, 0) is 28.6 Å². The van der Waals surface area contributed by atoms with Crippen molar-refractivity contribution in [3.8, 4) is 0 Å². The average Bonchev–Trinajstić information content (AvgIpc) is 2.80. The average molecular weight is 419 g/mol. The Labute approximate surface area is 174 Å². The number of benzene rings is 1.